The number of carbonyl (C=O) groups excluding carboxylic acids is 2. The summed E-state index contributed by atoms with van der Waals surface area (Å²) < 4.78 is 0. The predicted molar refractivity (Wildman–Crippen MR) is 62.2 cm³/mol. The minimum atomic E-state index is -1.48. The highest BCUT2D eigenvalue weighted by atomic mass is 16.4. The summed E-state index contributed by atoms with van der Waals surface area (Å²) in [7, 11) is 0. The van der Waals surface area contributed by atoms with Crippen molar-refractivity contribution < 1.29 is 29.4 Å². The number of carboxylic acid groups (broad SMARTS) is 2. The van der Waals surface area contributed by atoms with Crippen LogP contribution in [0.3, 0.4) is 0 Å². The summed E-state index contributed by atoms with van der Waals surface area (Å²) in [5.41, 5.74) is 0. The van der Waals surface area contributed by atoms with Gasteiger partial charge in [-0.25, -0.2) is 4.79 Å². The number of likely N-dealkylation sites (tertiary alicyclic amines) is 1. The molecule has 2 amide bonds. The molecule has 0 aromatic rings. The van der Waals surface area contributed by atoms with E-state index in [9.17, 15) is 19.2 Å². The number of carbonyl (C=O) groups is 4. The number of aliphatic carboxylic acids is 2. The second-order valence-electron chi connectivity index (χ2n) is 4.33. The lowest BCUT2D eigenvalue weighted by atomic mass is 10.1. The first-order valence-electron chi connectivity index (χ1n) is 5.87. The van der Waals surface area contributed by atoms with E-state index in [1.807, 2.05) is 0 Å². The molecule has 3 N–H and O–H groups in total. The van der Waals surface area contributed by atoms with Crippen LogP contribution in [0.15, 0.2) is 0 Å². The topological polar surface area (TPSA) is 124 Å². The Bertz CT molecular complexity index is 408. The molecule has 1 heterocycles. The van der Waals surface area contributed by atoms with Gasteiger partial charge in [0.15, 0.2) is 0 Å². The molecular weight excluding hydrogens is 256 g/mol. The number of rotatable bonds is 6. The zero-order chi connectivity index (χ0) is 14.6. The maximum absolute atomic E-state index is 11.8. The van der Waals surface area contributed by atoms with Gasteiger partial charge in [-0.1, -0.05) is 0 Å². The molecule has 1 fully saturated rings. The predicted octanol–water partition coefficient (Wildman–Crippen LogP) is -1.10. The monoisotopic (exact) mass is 272 g/mol. The third-order valence-corrected chi connectivity index (χ3v) is 2.96. The number of hydrogen-bond donors (Lipinski definition) is 3. The van der Waals surface area contributed by atoms with Crippen LogP contribution >= 0.6 is 0 Å². The van der Waals surface area contributed by atoms with Crippen LogP contribution in [0.25, 0.3) is 0 Å². The molecular formula is C11H16N2O6. The Morgan fingerprint density at radius 2 is 2.05 bits per heavy atom. The fraction of sp³-hybridized carbons (Fsp3) is 0.636. The van der Waals surface area contributed by atoms with Crippen LogP contribution in [-0.4, -0.2) is 58.0 Å². The van der Waals surface area contributed by atoms with E-state index in [4.69, 9.17) is 10.2 Å². The van der Waals surface area contributed by atoms with Crippen LogP contribution in [0, 0.1) is 5.92 Å². The van der Waals surface area contributed by atoms with Gasteiger partial charge in [-0.2, -0.15) is 0 Å². The van der Waals surface area contributed by atoms with Crippen molar-refractivity contribution in [2.24, 2.45) is 5.92 Å². The molecule has 2 atom stereocenters. The summed E-state index contributed by atoms with van der Waals surface area (Å²) in [6.07, 6.45) is -0.668. The van der Waals surface area contributed by atoms with Crippen molar-refractivity contribution >= 4 is 23.8 Å². The molecule has 0 aromatic carbocycles. The van der Waals surface area contributed by atoms with Crippen molar-refractivity contribution in [3.63, 3.8) is 0 Å². The average Bonchev–Trinajstić information content (AvgIpc) is 2.69. The van der Waals surface area contributed by atoms with Crippen LogP contribution in [-0.2, 0) is 19.2 Å². The van der Waals surface area contributed by atoms with Crippen molar-refractivity contribution in [3.8, 4) is 0 Å². The first-order chi connectivity index (χ1) is 8.85. The molecule has 1 aliphatic rings. The van der Waals surface area contributed by atoms with Gasteiger partial charge in [0.05, 0.1) is 12.3 Å². The van der Waals surface area contributed by atoms with Gasteiger partial charge in [0.1, 0.15) is 6.04 Å². The molecule has 0 bridgehead atoms. The summed E-state index contributed by atoms with van der Waals surface area (Å²) in [5, 5.41) is 19.5. The van der Waals surface area contributed by atoms with Gasteiger partial charge in [-0.15, -0.1) is 0 Å². The zero-order valence-electron chi connectivity index (χ0n) is 10.5. The molecule has 1 unspecified atom stereocenters. The van der Waals surface area contributed by atoms with Gasteiger partial charge in [0.2, 0.25) is 11.8 Å². The Labute approximate surface area is 109 Å². The molecule has 1 aliphatic heterocycles. The van der Waals surface area contributed by atoms with E-state index in [1.54, 1.807) is 6.92 Å². The molecule has 106 valence electrons. The van der Waals surface area contributed by atoms with E-state index in [1.165, 1.54) is 4.90 Å². The molecule has 0 aliphatic carbocycles. The Balaban J connectivity index is 2.61. The molecule has 1 saturated heterocycles. The lowest BCUT2D eigenvalue weighted by molar-refractivity contribution is -0.147. The molecule has 0 radical (unpaired) electrons. The van der Waals surface area contributed by atoms with E-state index in [-0.39, 0.29) is 18.9 Å². The summed E-state index contributed by atoms with van der Waals surface area (Å²) in [5.74, 6) is -4.10. The SMILES string of the molecule is CCN1CC(C(=O)N[C@@H](CC(=O)O)C(=O)O)CC1=O. The highest BCUT2D eigenvalue weighted by Gasteiger charge is 2.35. The number of nitrogens with one attached hydrogen (secondary N) is 1. The number of carboxylic acids is 2. The maximum atomic E-state index is 11.8. The van der Waals surface area contributed by atoms with Crippen molar-refractivity contribution in [3.05, 3.63) is 0 Å². The highest BCUT2D eigenvalue weighted by molar-refractivity contribution is 5.92. The standard InChI is InChI=1S/C11H16N2O6/c1-2-13-5-6(3-8(13)14)10(17)12-7(11(18)19)4-9(15)16/h6-7H,2-5H2,1H3,(H,12,17)(H,15,16)(H,18,19)/t6?,7-/m0/s1. The Hall–Kier alpha value is -2.12. The van der Waals surface area contributed by atoms with E-state index in [0.717, 1.165) is 0 Å². The summed E-state index contributed by atoms with van der Waals surface area (Å²) in [6.45, 7) is 2.50. The summed E-state index contributed by atoms with van der Waals surface area (Å²) in [6, 6.07) is -1.48. The van der Waals surface area contributed by atoms with Gasteiger partial charge >= 0.3 is 11.9 Å². The smallest absolute Gasteiger partial charge is 0.326 e. The first-order valence-corrected chi connectivity index (χ1v) is 5.87. The number of amides is 2. The average molecular weight is 272 g/mol. The summed E-state index contributed by atoms with van der Waals surface area (Å²) in [4.78, 5) is 46.1. The molecule has 0 spiro atoms. The van der Waals surface area contributed by atoms with Crippen molar-refractivity contribution in [2.75, 3.05) is 13.1 Å². The fourth-order valence-corrected chi connectivity index (χ4v) is 1.92. The Morgan fingerprint density at radius 1 is 1.42 bits per heavy atom. The molecule has 8 heteroatoms. The minimum Gasteiger partial charge on any atom is -0.481 e. The Morgan fingerprint density at radius 3 is 2.47 bits per heavy atom. The zero-order valence-corrected chi connectivity index (χ0v) is 10.5. The van der Waals surface area contributed by atoms with E-state index in [0.29, 0.717) is 6.54 Å². The van der Waals surface area contributed by atoms with Gasteiger partial charge < -0.3 is 20.4 Å². The van der Waals surface area contributed by atoms with Gasteiger partial charge in [0, 0.05) is 19.5 Å². The fourth-order valence-electron chi connectivity index (χ4n) is 1.92. The Kier molecular flexibility index (Phi) is 4.85. The molecule has 19 heavy (non-hydrogen) atoms. The maximum Gasteiger partial charge on any atom is 0.326 e. The van der Waals surface area contributed by atoms with Crippen molar-refractivity contribution in [2.45, 2.75) is 25.8 Å². The van der Waals surface area contributed by atoms with Crippen molar-refractivity contribution in [1.82, 2.24) is 10.2 Å². The number of nitrogens with zero attached hydrogens (tertiary/aromatic N) is 1. The third-order valence-electron chi connectivity index (χ3n) is 2.96. The first kappa shape index (κ1) is 14.9. The second kappa shape index (κ2) is 6.17. The molecule has 0 saturated carbocycles. The summed E-state index contributed by atoms with van der Waals surface area (Å²) >= 11 is 0. The molecule has 1 rings (SSSR count). The van der Waals surface area contributed by atoms with E-state index >= 15 is 0 Å². The lowest BCUT2D eigenvalue weighted by Crippen LogP contribution is -2.45. The van der Waals surface area contributed by atoms with Crippen molar-refractivity contribution in [1.29, 1.82) is 0 Å². The van der Waals surface area contributed by atoms with Crippen LogP contribution in [0.2, 0.25) is 0 Å². The van der Waals surface area contributed by atoms with Crippen LogP contribution in [0.5, 0.6) is 0 Å². The normalized spacial score (nSPS) is 20.2. The third kappa shape index (κ3) is 3.94. The number of hydrogen-bond acceptors (Lipinski definition) is 4. The molecule has 0 aromatic heterocycles. The van der Waals surface area contributed by atoms with Gasteiger partial charge in [0.25, 0.3) is 0 Å². The van der Waals surface area contributed by atoms with Crippen LogP contribution in [0.4, 0.5) is 0 Å². The minimum absolute atomic E-state index is 0.0269. The lowest BCUT2D eigenvalue weighted by Gasteiger charge is -2.16. The van der Waals surface area contributed by atoms with E-state index < -0.39 is 36.2 Å². The quantitative estimate of drug-likeness (QED) is 0.563. The van der Waals surface area contributed by atoms with Crippen LogP contribution < -0.4 is 5.32 Å². The van der Waals surface area contributed by atoms with Gasteiger partial charge in [-0.3, -0.25) is 14.4 Å². The largest absolute Gasteiger partial charge is 0.481 e. The van der Waals surface area contributed by atoms with E-state index in [2.05, 4.69) is 5.32 Å². The highest BCUT2D eigenvalue weighted by Crippen LogP contribution is 2.17. The van der Waals surface area contributed by atoms with Crippen LogP contribution in [0.1, 0.15) is 19.8 Å². The second-order valence-corrected chi connectivity index (χ2v) is 4.33. The molecule has 8 nitrogen and oxygen atoms in total. The van der Waals surface area contributed by atoms with Gasteiger partial charge in [-0.05, 0) is 6.92 Å².